The van der Waals surface area contributed by atoms with Crippen LogP contribution in [0.15, 0.2) is 0 Å². The predicted octanol–water partition coefficient (Wildman–Crippen LogP) is 0.638. The monoisotopic (exact) mass is 182 g/mol. The molecule has 0 radical (unpaired) electrons. The lowest BCUT2D eigenvalue weighted by Crippen LogP contribution is -1.85. The molecule has 0 unspecified atom stereocenters. The van der Waals surface area contributed by atoms with Crippen molar-refractivity contribution >= 4 is 42.0 Å². The Morgan fingerprint density at radius 2 is 1.43 bits per heavy atom. The summed E-state index contributed by atoms with van der Waals surface area (Å²) >= 11 is 0. The Kier molecular flexibility index (Phi) is 4.25. The second-order valence-corrected chi connectivity index (χ2v) is 3.29. The second kappa shape index (κ2) is 3.80. The Bertz CT molecular complexity index is 87.1. The molecule has 0 amide bonds. The molecular weight excluding hydrogens is 183 g/mol. The zero-order chi connectivity index (χ0) is 5.86. The predicted molar refractivity (Wildman–Crippen MR) is 29.1 cm³/mol. The fraction of sp³-hybridized carbons (Fsp3) is 0. The summed E-state index contributed by atoms with van der Waals surface area (Å²) in [7, 11) is 5.18. The highest BCUT2D eigenvalue weighted by molar-refractivity contribution is 8.15. The van der Waals surface area contributed by atoms with Crippen LogP contribution in [0.3, 0.4) is 0 Å². The first-order valence-electron chi connectivity index (χ1n) is 0.975. The lowest BCUT2D eigenvalue weighted by molar-refractivity contribution is 0.586. The van der Waals surface area contributed by atoms with Gasteiger partial charge in [-0.1, -0.05) is 0 Å². The summed E-state index contributed by atoms with van der Waals surface area (Å²) in [5, 5.41) is 0. The van der Waals surface area contributed by atoms with Crippen LogP contribution in [0.4, 0.5) is 0 Å². The molecule has 7 heteroatoms. The molecule has 0 aliphatic carbocycles. The molecule has 0 saturated heterocycles. The van der Waals surface area contributed by atoms with Crippen molar-refractivity contribution < 1.29 is 12.0 Å². The van der Waals surface area contributed by atoms with E-state index in [0.717, 1.165) is 0 Å². The minimum Gasteiger partial charge on any atom is -0.210 e. The highest BCUT2D eigenvalue weighted by Gasteiger charge is 1.96. The van der Waals surface area contributed by atoms with Gasteiger partial charge in [-0.15, -0.1) is 0 Å². The maximum atomic E-state index is 9.63. The van der Waals surface area contributed by atoms with Gasteiger partial charge in [0.2, 0.25) is 0 Å². The van der Waals surface area contributed by atoms with Gasteiger partial charge in [-0.3, -0.25) is 0 Å². The number of hydrogen-bond donors (Lipinski definition) is 0. The topological polar surface area (TPSA) is 43.4 Å². The van der Waals surface area contributed by atoms with E-state index in [0.29, 0.717) is 0 Å². The van der Waals surface area contributed by atoms with Gasteiger partial charge in [0.1, 0.15) is 0 Å². The summed E-state index contributed by atoms with van der Waals surface area (Å²) < 4.78 is 23.0. The van der Waals surface area contributed by atoms with Crippen LogP contribution in [0.2, 0.25) is 0 Å². The van der Waals surface area contributed by atoms with Gasteiger partial charge >= 0.3 is 0 Å². The summed E-state index contributed by atoms with van der Waals surface area (Å²) in [6.45, 7) is 0. The van der Waals surface area contributed by atoms with Crippen molar-refractivity contribution in [2.75, 3.05) is 0 Å². The average Bonchev–Trinajstić information content (AvgIpc) is 1.27. The molecule has 0 N–H and O–H groups in total. The number of rotatable bonds is 2. The molecule has 0 bridgehead atoms. The molecule has 0 heterocycles. The lowest BCUT2D eigenvalue weighted by atomic mass is 15.8. The third-order valence-corrected chi connectivity index (χ3v) is 1.89. The van der Waals surface area contributed by atoms with Crippen LogP contribution in [0.1, 0.15) is 0 Å². The molecular formula is Cl2O3S2. The molecule has 0 aromatic rings. The molecule has 44 valence electrons. The van der Waals surface area contributed by atoms with Crippen LogP contribution in [-0.2, 0) is 24.2 Å². The fourth-order valence-corrected chi connectivity index (χ4v) is 1.46. The van der Waals surface area contributed by atoms with Crippen molar-refractivity contribution in [2.45, 2.75) is 0 Å². The molecule has 0 aliphatic heterocycles. The standard InChI is InChI=1S/Cl2O3S2/c1-6(3)5-7(2)4. The van der Waals surface area contributed by atoms with E-state index in [1.807, 2.05) is 0 Å². The Morgan fingerprint density at radius 1 is 1.14 bits per heavy atom. The van der Waals surface area contributed by atoms with Crippen LogP contribution in [0.25, 0.3) is 0 Å². The van der Waals surface area contributed by atoms with Gasteiger partial charge in [0.05, 0.1) is 0 Å². The van der Waals surface area contributed by atoms with Crippen LogP contribution in [0.5, 0.6) is 0 Å². The highest BCUT2D eigenvalue weighted by Crippen LogP contribution is 1.98. The Morgan fingerprint density at radius 3 is 1.43 bits per heavy atom. The molecule has 3 nitrogen and oxygen atoms in total. The largest absolute Gasteiger partial charge is 0.270 e. The molecule has 0 spiro atoms. The molecule has 0 rings (SSSR count). The minimum atomic E-state index is -2.06. The van der Waals surface area contributed by atoms with Gasteiger partial charge in [0.25, 0.3) is 20.6 Å². The van der Waals surface area contributed by atoms with E-state index in [1.165, 1.54) is 0 Å². The third kappa shape index (κ3) is 6.84. The van der Waals surface area contributed by atoms with Crippen molar-refractivity contribution in [1.82, 2.24) is 0 Å². The molecule has 0 atom stereocenters. The van der Waals surface area contributed by atoms with Crippen LogP contribution in [-0.4, -0.2) is 8.42 Å². The number of hydrogen-bond acceptors (Lipinski definition) is 3. The van der Waals surface area contributed by atoms with Gasteiger partial charge in [0.15, 0.2) is 0 Å². The SMILES string of the molecule is O=S(Cl)OS(=O)Cl. The maximum absolute atomic E-state index is 9.63. The summed E-state index contributed by atoms with van der Waals surface area (Å²) in [4.78, 5) is 0. The molecule has 0 aliphatic rings. The van der Waals surface area contributed by atoms with E-state index in [4.69, 9.17) is 0 Å². The summed E-state index contributed by atoms with van der Waals surface area (Å²) in [6, 6.07) is 0. The molecule has 0 saturated carbocycles. The summed E-state index contributed by atoms with van der Waals surface area (Å²) in [6.07, 6.45) is 0. The van der Waals surface area contributed by atoms with Crippen molar-refractivity contribution in [3.63, 3.8) is 0 Å². The fourth-order valence-electron chi connectivity index (χ4n) is 0.0421. The summed E-state index contributed by atoms with van der Waals surface area (Å²) in [5.74, 6) is 0. The molecule has 0 fully saturated rings. The normalized spacial score (nSPS) is 18.6. The van der Waals surface area contributed by atoms with Gasteiger partial charge in [-0.25, -0.2) is 8.42 Å². The van der Waals surface area contributed by atoms with Crippen molar-refractivity contribution in [1.29, 1.82) is 0 Å². The summed E-state index contributed by atoms with van der Waals surface area (Å²) in [5.41, 5.74) is 0. The van der Waals surface area contributed by atoms with E-state index in [1.54, 1.807) is 0 Å². The first kappa shape index (κ1) is 7.84. The van der Waals surface area contributed by atoms with Gasteiger partial charge in [-0.05, 0) is 0 Å². The first-order valence-corrected chi connectivity index (χ1v) is 4.78. The second-order valence-electron chi connectivity index (χ2n) is 0.456. The Hall–Kier alpha value is 0.840. The highest BCUT2D eigenvalue weighted by atomic mass is 35.7. The van der Waals surface area contributed by atoms with Crippen molar-refractivity contribution in [2.24, 2.45) is 0 Å². The zero-order valence-electron chi connectivity index (χ0n) is 2.80. The zero-order valence-corrected chi connectivity index (χ0v) is 5.94. The molecule has 0 aromatic carbocycles. The molecule has 0 aromatic heterocycles. The number of halogens is 2. The van der Waals surface area contributed by atoms with E-state index in [-0.39, 0.29) is 0 Å². The maximum Gasteiger partial charge on any atom is 0.270 e. The Balaban J connectivity index is 3.32. The van der Waals surface area contributed by atoms with Crippen molar-refractivity contribution in [3.8, 4) is 0 Å². The lowest BCUT2D eigenvalue weighted by Gasteiger charge is -1.81. The van der Waals surface area contributed by atoms with E-state index < -0.39 is 20.6 Å². The van der Waals surface area contributed by atoms with E-state index >= 15 is 0 Å². The average molecular weight is 183 g/mol. The van der Waals surface area contributed by atoms with Crippen LogP contribution < -0.4 is 0 Å². The van der Waals surface area contributed by atoms with Gasteiger partial charge < -0.3 is 0 Å². The third-order valence-electron chi connectivity index (χ3n) is 0.107. The van der Waals surface area contributed by atoms with E-state index in [2.05, 4.69) is 25.0 Å². The first-order chi connectivity index (χ1) is 3.13. The van der Waals surface area contributed by atoms with Gasteiger partial charge in [0, 0.05) is 21.4 Å². The molecule has 7 heavy (non-hydrogen) atoms. The van der Waals surface area contributed by atoms with Crippen LogP contribution >= 0.6 is 21.4 Å². The van der Waals surface area contributed by atoms with Crippen molar-refractivity contribution in [3.05, 3.63) is 0 Å². The quantitative estimate of drug-likeness (QED) is 0.590. The van der Waals surface area contributed by atoms with E-state index in [9.17, 15) is 8.42 Å². The van der Waals surface area contributed by atoms with Gasteiger partial charge in [-0.2, -0.15) is 3.63 Å². The van der Waals surface area contributed by atoms with Crippen LogP contribution in [0, 0.1) is 0 Å². The smallest absolute Gasteiger partial charge is 0.210 e. The Labute approximate surface area is 54.3 Å². The minimum absolute atomic E-state index is 2.06.